The zero-order valence-electron chi connectivity index (χ0n) is 14.1. The van der Waals surface area contributed by atoms with Crippen molar-refractivity contribution in [3.8, 4) is 0 Å². The fourth-order valence-corrected chi connectivity index (χ4v) is 3.26. The molecule has 4 rings (SSSR count). The number of thiazole rings is 1. The highest BCUT2D eigenvalue weighted by molar-refractivity contribution is 7.17. The van der Waals surface area contributed by atoms with E-state index >= 15 is 0 Å². The molecule has 1 aromatic carbocycles. The summed E-state index contributed by atoms with van der Waals surface area (Å²) in [4.78, 5) is 25.7. The second-order valence-electron chi connectivity index (χ2n) is 5.69. The van der Waals surface area contributed by atoms with Crippen molar-refractivity contribution in [2.75, 3.05) is 10.6 Å². The van der Waals surface area contributed by atoms with Gasteiger partial charge in [-0.2, -0.15) is 5.10 Å². The van der Waals surface area contributed by atoms with Crippen molar-refractivity contribution < 1.29 is 4.79 Å². The van der Waals surface area contributed by atoms with Gasteiger partial charge >= 0.3 is 0 Å². The summed E-state index contributed by atoms with van der Waals surface area (Å²) >= 11 is 1.26. The topological polar surface area (TPSA) is 108 Å². The quantitative estimate of drug-likeness (QED) is 0.511. The normalized spacial score (nSPS) is 10.8. The van der Waals surface area contributed by atoms with E-state index in [4.69, 9.17) is 0 Å². The number of hydrogen-bond donors (Lipinski definition) is 3. The molecule has 26 heavy (non-hydrogen) atoms. The second-order valence-corrected chi connectivity index (χ2v) is 6.72. The van der Waals surface area contributed by atoms with Crippen LogP contribution in [0.5, 0.6) is 0 Å². The van der Waals surface area contributed by atoms with Gasteiger partial charge in [0.1, 0.15) is 16.5 Å². The van der Waals surface area contributed by atoms with Gasteiger partial charge in [-0.05, 0) is 31.5 Å². The molecule has 3 heterocycles. The van der Waals surface area contributed by atoms with Gasteiger partial charge in [0, 0.05) is 11.6 Å². The summed E-state index contributed by atoms with van der Waals surface area (Å²) in [5.74, 6) is 1.08. The summed E-state index contributed by atoms with van der Waals surface area (Å²) in [6.07, 6.45) is 4.91. The van der Waals surface area contributed by atoms with Crippen molar-refractivity contribution in [3.05, 3.63) is 53.1 Å². The van der Waals surface area contributed by atoms with E-state index in [1.807, 2.05) is 26.0 Å². The zero-order valence-corrected chi connectivity index (χ0v) is 14.9. The van der Waals surface area contributed by atoms with E-state index in [2.05, 4.69) is 35.8 Å². The molecule has 0 atom stereocenters. The van der Waals surface area contributed by atoms with Crippen LogP contribution in [0.1, 0.15) is 21.1 Å². The third-order valence-corrected chi connectivity index (χ3v) is 4.72. The van der Waals surface area contributed by atoms with Gasteiger partial charge in [-0.25, -0.2) is 15.0 Å². The number of H-pyrrole nitrogens is 1. The Morgan fingerprint density at radius 3 is 2.88 bits per heavy atom. The maximum absolute atomic E-state index is 12.6. The van der Waals surface area contributed by atoms with Crippen molar-refractivity contribution in [2.45, 2.75) is 13.8 Å². The predicted molar refractivity (Wildman–Crippen MR) is 101 cm³/mol. The Bertz CT molecular complexity index is 1100. The van der Waals surface area contributed by atoms with Gasteiger partial charge in [-0.15, -0.1) is 0 Å². The monoisotopic (exact) mass is 365 g/mol. The van der Waals surface area contributed by atoms with Gasteiger partial charge in [0.15, 0.2) is 5.13 Å². The van der Waals surface area contributed by atoms with E-state index in [-0.39, 0.29) is 5.91 Å². The van der Waals surface area contributed by atoms with Crippen LogP contribution in [0.3, 0.4) is 0 Å². The molecule has 130 valence electrons. The molecule has 3 N–H and O–H groups in total. The molecule has 0 saturated carbocycles. The number of anilines is 3. The predicted octanol–water partition coefficient (Wildman–Crippen LogP) is 3.42. The number of amides is 1. The van der Waals surface area contributed by atoms with Crippen molar-refractivity contribution in [3.63, 3.8) is 0 Å². The van der Waals surface area contributed by atoms with Gasteiger partial charge in [-0.1, -0.05) is 17.4 Å². The first-order valence-electron chi connectivity index (χ1n) is 7.87. The molecule has 9 heteroatoms. The number of aromatic nitrogens is 5. The molecule has 0 fully saturated rings. The average Bonchev–Trinajstić information content (AvgIpc) is 3.27. The third kappa shape index (κ3) is 3.11. The highest BCUT2D eigenvalue weighted by atomic mass is 32.1. The maximum Gasteiger partial charge on any atom is 0.267 e. The van der Waals surface area contributed by atoms with Crippen LogP contribution >= 0.6 is 11.3 Å². The number of aryl methyl sites for hydroxylation is 2. The lowest BCUT2D eigenvalue weighted by atomic mass is 10.1. The smallest absolute Gasteiger partial charge is 0.267 e. The summed E-state index contributed by atoms with van der Waals surface area (Å²) in [6.45, 7) is 3.75. The molecule has 0 saturated heterocycles. The maximum atomic E-state index is 12.6. The Balaban J connectivity index is 1.55. The van der Waals surface area contributed by atoms with E-state index in [9.17, 15) is 4.79 Å². The highest BCUT2D eigenvalue weighted by Gasteiger charge is 2.15. The number of nitrogens with one attached hydrogen (secondary N) is 3. The molecule has 0 aliphatic carbocycles. The van der Waals surface area contributed by atoms with E-state index in [1.54, 1.807) is 24.7 Å². The molecule has 0 unspecified atom stereocenters. The molecule has 0 spiro atoms. The van der Waals surface area contributed by atoms with Crippen LogP contribution in [0, 0.1) is 13.8 Å². The van der Waals surface area contributed by atoms with Gasteiger partial charge < -0.3 is 10.6 Å². The Hall–Kier alpha value is -3.33. The van der Waals surface area contributed by atoms with Crippen molar-refractivity contribution in [1.29, 1.82) is 0 Å². The lowest BCUT2D eigenvalue weighted by Gasteiger charge is -2.08. The lowest BCUT2D eigenvalue weighted by Crippen LogP contribution is -2.11. The van der Waals surface area contributed by atoms with Crippen molar-refractivity contribution in [2.24, 2.45) is 0 Å². The van der Waals surface area contributed by atoms with Crippen LogP contribution in [0.2, 0.25) is 0 Å². The third-order valence-electron chi connectivity index (χ3n) is 3.81. The van der Waals surface area contributed by atoms with Gasteiger partial charge in [0.2, 0.25) is 0 Å². The minimum absolute atomic E-state index is 0.216. The minimum Gasteiger partial charge on any atom is -0.320 e. The number of nitrogens with zero attached hydrogens (tertiary/aromatic N) is 4. The molecular weight excluding hydrogens is 350 g/mol. The summed E-state index contributed by atoms with van der Waals surface area (Å²) in [5, 5.41) is 14.4. The summed E-state index contributed by atoms with van der Waals surface area (Å²) in [7, 11) is 0. The standard InChI is InChI=1S/C17H15N7OS/c1-9-3-4-12-11(7-20-24-12)15(9)23-16(25)13-8-19-17(26-13)22-14-5-6-18-10(2)21-14/h3-8H,1-2H3,(H,20,24)(H,23,25)(H,18,19,21,22). The molecule has 0 radical (unpaired) electrons. The van der Waals surface area contributed by atoms with Crippen LogP contribution in [-0.2, 0) is 0 Å². The molecule has 0 bridgehead atoms. The highest BCUT2D eigenvalue weighted by Crippen LogP contribution is 2.28. The van der Waals surface area contributed by atoms with Crippen LogP contribution < -0.4 is 10.6 Å². The number of hydrogen-bond acceptors (Lipinski definition) is 7. The Labute approximate surface area is 152 Å². The van der Waals surface area contributed by atoms with Gasteiger partial charge in [-0.3, -0.25) is 9.89 Å². The first-order chi connectivity index (χ1) is 12.6. The van der Waals surface area contributed by atoms with Crippen molar-refractivity contribution >= 4 is 44.8 Å². The Morgan fingerprint density at radius 2 is 2.04 bits per heavy atom. The second kappa shape index (κ2) is 6.52. The van der Waals surface area contributed by atoms with Crippen LogP contribution in [0.4, 0.5) is 16.6 Å². The van der Waals surface area contributed by atoms with Crippen LogP contribution in [0.25, 0.3) is 10.9 Å². The Kier molecular flexibility index (Phi) is 4.05. The lowest BCUT2D eigenvalue weighted by molar-refractivity contribution is 0.103. The van der Waals surface area contributed by atoms with E-state index in [1.165, 1.54) is 11.3 Å². The molecular formula is C17H15N7OS. The average molecular weight is 365 g/mol. The van der Waals surface area contributed by atoms with Crippen LogP contribution in [-0.4, -0.2) is 31.1 Å². The van der Waals surface area contributed by atoms with Gasteiger partial charge in [0.05, 0.1) is 23.6 Å². The van der Waals surface area contributed by atoms with Crippen LogP contribution in [0.15, 0.2) is 36.8 Å². The number of carbonyl (C=O) groups is 1. The molecule has 4 aromatic rings. The van der Waals surface area contributed by atoms with Crippen molar-refractivity contribution in [1.82, 2.24) is 25.1 Å². The zero-order chi connectivity index (χ0) is 18.1. The number of benzene rings is 1. The molecule has 3 aromatic heterocycles. The SMILES string of the molecule is Cc1nccc(Nc2ncc(C(=O)Nc3c(C)ccc4[nH]ncc34)s2)n1. The summed E-state index contributed by atoms with van der Waals surface area (Å²) in [6, 6.07) is 5.62. The fraction of sp³-hybridized carbons (Fsp3) is 0.118. The largest absolute Gasteiger partial charge is 0.320 e. The van der Waals surface area contributed by atoms with E-state index in [0.29, 0.717) is 21.7 Å². The van der Waals surface area contributed by atoms with Gasteiger partial charge in [0.25, 0.3) is 5.91 Å². The number of carbonyl (C=O) groups excluding carboxylic acids is 1. The minimum atomic E-state index is -0.216. The molecule has 8 nitrogen and oxygen atoms in total. The van der Waals surface area contributed by atoms with E-state index < -0.39 is 0 Å². The number of rotatable bonds is 4. The molecule has 0 aliphatic heterocycles. The van der Waals surface area contributed by atoms with E-state index in [0.717, 1.165) is 22.2 Å². The fourth-order valence-electron chi connectivity index (χ4n) is 2.54. The molecule has 1 amide bonds. The summed E-state index contributed by atoms with van der Waals surface area (Å²) in [5.41, 5.74) is 2.58. The first kappa shape index (κ1) is 16.2. The number of fused-ring (bicyclic) bond motifs is 1. The first-order valence-corrected chi connectivity index (χ1v) is 8.68. The number of aromatic amines is 1. The Morgan fingerprint density at radius 1 is 1.15 bits per heavy atom. The summed E-state index contributed by atoms with van der Waals surface area (Å²) < 4.78 is 0. The molecule has 0 aliphatic rings.